The number of likely N-dealkylation sites (tertiary alicyclic amines) is 1. The monoisotopic (exact) mass is 278 g/mol. The third-order valence-electron chi connectivity index (χ3n) is 4.51. The fraction of sp³-hybridized carbons (Fsp3) is 0.786. The molecule has 2 atom stereocenters. The fourth-order valence-corrected chi connectivity index (χ4v) is 3.18. The summed E-state index contributed by atoms with van der Waals surface area (Å²) in [6.45, 7) is 4.51. The van der Waals surface area contributed by atoms with Gasteiger partial charge in [-0.05, 0) is 45.4 Å². The Morgan fingerprint density at radius 3 is 2.80 bits per heavy atom. The van der Waals surface area contributed by atoms with Crippen LogP contribution in [0, 0.1) is 12.8 Å². The SMILES string of the molecule is Cc1noc([C@H](C)NC(=O)N2CCC[C@H]2C2CCC2)n1. The van der Waals surface area contributed by atoms with Crippen LogP contribution >= 0.6 is 0 Å². The standard InChI is InChI=1S/C14H22N4O2/c1-9(13-16-10(2)17-20-13)15-14(19)18-8-4-7-12(18)11-5-3-6-11/h9,11-12H,3-8H2,1-2H3,(H,15,19)/t9-,12-/m0/s1. The van der Waals surface area contributed by atoms with Crippen LogP contribution in [0.15, 0.2) is 4.52 Å². The van der Waals surface area contributed by atoms with Gasteiger partial charge in [-0.25, -0.2) is 4.79 Å². The van der Waals surface area contributed by atoms with Crippen molar-refractivity contribution in [2.24, 2.45) is 5.92 Å². The van der Waals surface area contributed by atoms with Gasteiger partial charge < -0.3 is 14.7 Å². The number of rotatable bonds is 3. The molecule has 0 radical (unpaired) electrons. The number of nitrogens with zero attached hydrogens (tertiary/aromatic N) is 3. The number of hydrogen-bond donors (Lipinski definition) is 1. The smallest absolute Gasteiger partial charge is 0.318 e. The van der Waals surface area contributed by atoms with Crippen LogP contribution in [0.3, 0.4) is 0 Å². The number of urea groups is 1. The molecule has 110 valence electrons. The van der Waals surface area contributed by atoms with Crippen molar-refractivity contribution in [1.29, 1.82) is 0 Å². The summed E-state index contributed by atoms with van der Waals surface area (Å²) in [6, 6.07) is 0.189. The molecule has 0 aromatic carbocycles. The Bertz CT molecular complexity index is 483. The molecule has 0 unspecified atom stereocenters. The number of carbonyl (C=O) groups excluding carboxylic acids is 1. The zero-order valence-electron chi connectivity index (χ0n) is 12.1. The molecule has 2 amide bonds. The molecule has 3 rings (SSSR count). The first-order chi connectivity index (χ1) is 9.65. The molecule has 1 aliphatic heterocycles. The number of amides is 2. The predicted octanol–water partition coefficient (Wildman–Crippen LogP) is 2.41. The molecule has 6 heteroatoms. The van der Waals surface area contributed by atoms with E-state index in [4.69, 9.17) is 4.52 Å². The average Bonchev–Trinajstić information content (AvgIpc) is 2.96. The molecule has 1 aliphatic carbocycles. The van der Waals surface area contributed by atoms with E-state index in [0.717, 1.165) is 19.4 Å². The lowest BCUT2D eigenvalue weighted by molar-refractivity contribution is 0.136. The summed E-state index contributed by atoms with van der Waals surface area (Å²) < 4.78 is 5.10. The van der Waals surface area contributed by atoms with E-state index in [1.54, 1.807) is 6.92 Å². The van der Waals surface area contributed by atoms with Gasteiger partial charge in [-0.3, -0.25) is 0 Å². The van der Waals surface area contributed by atoms with Crippen LogP contribution in [-0.4, -0.2) is 33.7 Å². The second-order valence-electron chi connectivity index (χ2n) is 5.94. The summed E-state index contributed by atoms with van der Waals surface area (Å²) in [5.74, 6) is 1.77. The maximum Gasteiger partial charge on any atom is 0.318 e. The van der Waals surface area contributed by atoms with E-state index in [2.05, 4.69) is 15.5 Å². The number of aryl methyl sites for hydroxylation is 1. The van der Waals surface area contributed by atoms with Crippen molar-refractivity contribution in [2.45, 2.75) is 58.0 Å². The Morgan fingerprint density at radius 1 is 1.40 bits per heavy atom. The first kappa shape index (κ1) is 13.4. The molecule has 2 heterocycles. The summed E-state index contributed by atoms with van der Waals surface area (Å²) >= 11 is 0. The summed E-state index contributed by atoms with van der Waals surface area (Å²) in [7, 11) is 0. The van der Waals surface area contributed by atoms with Crippen LogP contribution in [0.4, 0.5) is 4.79 Å². The fourth-order valence-electron chi connectivity index (χ4n) is 3.18. The van der Waals surface area contributed by atoms with E-state index in [-0.39, 0.29) is 12.1 Å². The molecule has 1 saturated heterocycles. The Morgan fingerprint density at radius 2 is 2.20 bits per heavy atom. The minimum Gasteiger partial charge on any atom is -0.337 e. The average molecular weight is 278 g/mol. The molecule has 1 aromatic rings. The molecule has 0 spiro atoms. The lowest BCUT2D eigenvalue weighted by Gasteiger charge is -2.37. The van der Waals surface area contributed by atoms with Crippen molar-refractivity contribution in [2.75, 3.05) is 6.54 Å². The van der Waals surface area contributed by atoms with Gasteiger partial charge in [-0.15, -0.1) is 0 Å². The van der Waals surface area contributed by atoms with Crippen molar-refractivity contribution < 1.29 is 9.32 Å². The third-order valence-corrected chi connectivity index (χ3v) is 4.51. The summed E-state index contributed by atoms with van der Waals surface area (Å²) in [5.41, 5.74) is 0. The summed E-state index contributed by atoms with van der Waals surface area (Å²) in [5, 5.41) is 6.73. The number of aromatic nitrogens is 2. The third kappa shape index (κ3) is 2.51. The highest BCUT2D eigenvalue weighted by Crippen LogP contribution is 2.37. The maximum absolute atomic E-state index is 12.4. The van der Waals surface area contributed by atoms with Crippen molar-refractivity contribution in [1.82, 2.24) is 20.4 Å². The van der Waals surface area contributed by atoms with Crippen molar-refractivity contribution >= 4 is 6.03 Å². The lowest BCUT2D eigenvalue weighted by atomic mass is 9.79. The van der Waals surface area contributed by atoms with E-state index >= 15 is 0 Å². The minimum absolute atomic E-state index is 0.00255. The zero-order valence-corrected chi connectivity index (χ0v) is 12.1. The molecule has 1 saturated carbocycles. The van der Waals surface area contributed by atoms with Crippen molar-refractivity contribution in [3.63, 3.8) is 0 Å². The van der Waals surface area contributed by atoms with E-state index in [1.807, 2.05) is 11.8 Å². The molecule has 0 bridgehead atoms. The van der Waals surface area contributed by atoms with E-state index in [0.29, 0.717) is 23.7 Å². The number of nitrogens with one attached hydrogen (secondary N) is 1. The summed E-state index contributed by atoms with van der Waals surface area (Å²) in [4.78, 5) is 18.6. The zero-order chi connectivity index (χ0) is 14.1. The van der Waals surface area contributed by atoms with Gasteiger partial charge in [0.05, 0.1) is 0 Å². The van der Waals surface area contributed by atoms with E-state index < -0.39 is 0 Å². The highest BCUT2D eigenvalue weighted by atomic mass is 16.5. The van der Waals surface area contributed by atoms with Crippen molar-refractivity contribution in [3.8, 4) is 0 Å². The molecule has 1 N–H and O–H groups in total. The van der Waals surface area contributed by atoms with Crippen LogP contribution < -0.4 is 5.32 Å². The highest BCUT2D eigenvalue weighted by molar-refractivity contribution is 5.75. The van der Waals surface area contributed by atoms with Crippen LogP contribution in [0.1, 0.15) is 56.8 Å². The van der Waals surface area contributed by atoms with Crippen LogP contribution in [0.5, 0.6) is 0 Å². The molecule has 6 nitrogen and oxygen atoms in total. The first-order valence-electron chi connectivity index (χ1n) is 7.52. The maximum atomic E-state index is 12.4. The van der Waals surface area contributed by atoms with Crippen LogP contribution in [-0.2, 0) is 0 Å². The lowest BCUT2D eigenvalue weighted by Crippen LogP contribution is -2.47. The van der Waals surface area contributed by atoms with Gasteiger partial charge in [0.2, 0.25) is 5.89 Å². The van der Waals surface area contributed by atoms with Gasteiger partial charge in [0.25, 0.3) is 0 Å². The normalized spacial score (nSPS) is 24.5. The first-order valence-corrected chi connectivity index (χ1v) is 7.52. The van der Waals surface area contributed by atoms with Crippen molar-refractivity contribution in [3.05, 3.63) is 11.7 Å². The predicted molar refractivity (Wildman–Crippen MR) is 73.1 cm³/mol. The minimum atomic E-state index is -0.244. The quantitative estimate of drug-likeness (QED) is 0.921. The number of carbonyl (C=O) groups is 1. The van der Waals surface area contributed by atoms with Gasteiger partial charge in [-0.2, -0.15) is 4.98 Å². The van der Waals surface area contributed by atoms with E-state index in [9.17, 15) is 4.79 Å². The number of hydrogen-bond acceptors (Lipinski definition) is 4. The summed E-state index contributed by atoms with van der Waals surface area (Å²) in [6.07, 6.45) is 6.11. The van der Waals surface area contributed by atoms with Gasteiger partial charge >= 0.3 is 6.03 Å². The van der Waals surface area contributed by atoms with Gasteiger partial charge in [-0.1, -0.05) is 11.6 Å². The molecule has 2 fully saturated rings. The van der Waals surface area contributed by atoms with Gasteiger partial charge in [0.15, 0.2) is 5.82 Å². The molecular weight excluding hydrogens is 256 g/mol. The van der Waals surface area contributed by atoms with E-state index in [1.165, 1.54) is 19.3 Å². The Kier molecular flexibility index (Phi) is 3.63. The van der Waals surface area contributed by atoms with Gasteiger partial charge in [0.1, 0.15) is 6.04 Å². The Balaban J connectivity index is 1.60. The van der Waals surface area contributed by atoms with Crippen LogP contribution in [0.2, 0.25) is 0 Å². The van der Waals surface area contributed by atoms with Crippen LogP contribution in [0.25, 0.3) is 0 Å². The van der Waals surface area contributed by atoms with Gasteiger partial charge in [0, 0.05) is 12.6 Å². The second-order valence-corrected chi connectivity index (χ2v) is 5.94. The Hall–Kier alpha value is -1.59. The highest BCUT2D eigenvalue weighted by Gasteiger charge is 2.37. The molecule has 2 aliphatic rings. The molecular formula is C14H22N4O2. The topological polar surface area (TPSA) is 71.3 Å². The second kappa shape index (κ2) is 5.42. The molecule has 1 aromatic heterocycles. The Labute approximate surface area is 118 Å². The molecule has 20 heavy (non-hydrogen) atoms. The largest absolute Gasteiger partial charge is 0.337 e.